The van der Waals surface area contributed by atoms with E-state index < -0.39 is 13.7 Å². The topological polar surface area (TPSA) is 82.8 Å². The van der Waals surface area contributed by atoms with Gasteiger partial charge in [0.1, 0.15) is 17.4 Å². The van der Waals surface area contributed by atoms with Crippen molar-refractivity contribution < 1.29 is 27.8 Å². The molecule has 2 heterocycles. The average molecular weight is 611 g/mol. The maximum atomic E-state index is 14.5. The van der Waals surface area contributed by atoms with Crippen LogP contribution in [0.2, 0.25) is 0 Å². The van der Waals surface area contributed by atoms with Crippen LogP contribution in [0.25, 0.3) is 21.7 Å². The lowest BCUT2D eigenvalue weighted by molar-refractivity contribution is 0.230. The van der Waals surface area contributed by atoms with Gasteiger partial charge in [0.2, 0.25) is 5.88 Å². The molecule has 0 fully saturated rings. The van der Waals surface area contributed by atoms with Gasteiger partial charge in [-0.15, -0.1) is 0 Å². The predicted molar refractivity (Wildman–Crippen MR) is 170 cm³/mol. The lowest BCUT2D eigenvalue weighted by Crippen LogP contribution is -2.15. The quantitative estimate of drug-likeness (QED) is 0.149. The number of hydrogen-bond donors (Lipinski definition) is 1. The van der Waals surface area contributed by atoms with Crippen molar-refractivity contribution in [1.29, 1.82) is 0 Å². The van der Waals surface area contributed by atoms with E-state index in [-0.39, 0.29) is 31.5 Å². The minimum Gasteiger partial charge on any atom is -0.494 e. The first-order valence-electron chi connectivity index (χ1n) is 14.5. The molecule has 44 heavy (non-hydrogen) atoms. The number of rotatable bonds is 11. The van der Waals surface area contributed by atoms with Gasteiger partial charge in [0.05, 0.1) is 30.4 Å². The smallest absolute Gasteiger partial charge is 0.362 e. The summed E-state index contributed by atoms with van der Waals surface area (Å²) in [5.41, 5.74) is 2.97. The molecule has 0 aliphatic carbocycles. The van der Waals surface area contributed by atoms with E-state index in [0.717, 1.165) is 16.7 Å². The van der Waals surface area contributed by atoms with E-state index in [2.05, 4.69) is 0 Å². The molecule has 0 unspecified atom stereocenters. The Labute approximate surface area is 255 Å². The maximum absolute atomic E-state index is 14.5. The SMILES string of the molecule is CCOP(=O)(OCC)c1c2cccnc2c(OC(c2ccccc2)c2ccccc2)c2c(O)n(Cc3ccc(F)cc3)cc12. The highest BCUT2D eigenvalue weighted by atomic mass is 31.2. The molecule has 0 bridgehead atoms. The third-order valence-corrected chi connectivity index (χ3v) is 9.61. The molecule has 7 nitrogen and oxygen atoms in total. The molecule has 0 radical (unpaired) electrons. The zero-order valence-corrected chi connectivity index (χ0v) is 25.3. The van der Waals surface area contributed by atoms with Crippen LogP contribution in [0.4, 0.5) is 4.39 Å². The molecule has 0 spiro atoms. The Hall–Kier alpha value is -4.49. The van der Waals surface area contributed by atoms with Gasteiger partial charge in [-0.25, -0.2) is 4.39 Å². The normalized spacial score (nSPS) is 11.9. The number of ether oxygens (including phenoxy) is 1. The summed E-state index contributed by atoms with van der Waals surface area (Å²) in [6, 6.07) is 29.2. The molecule has 6 aromatic rings. The van der Waals surface area contributed by atoms with Crippen molar-refractivity contribution in [3.05, 3.63) is 132 Å². The van der Waals surface area contributed by atoms with Gasteiger partial charge in [-0.1, -0.05) is 78.9 Å². The molecule has 0 atom stereocenters. The predicted octanol–water partition coefficient (Wildman–Crippen LogP) is 8.14. The summed E-state index contributed by atoms with van der Waals surface area (Å²) < 4.78 is 48.4. The fraction of sp³-hybridized carbons (Fsp3) is 0.171. The highest BCUT2D eigenvalue weighted by molar-refractivity contribution is 7.63. The lowest BCUT2D eigenvalue weighted by Gasteiger charge is -2.24. The van der Waals surface area contributed by atoms with Crippen molar-refractivity contribution in [3.8, 4) is 11.6 Å². The minimum absolute atomic E-state index is 0.118. The first-order valence-corrected chi connectivity index (χ1v) is 16.0. The zero-order valence-electron chi connectivity index (χ0n) is 24.4. The fourth-order valence-electron chi connectivity index (χ4n) is 5.51. The van der Waals surface area contributed by atoms with E-state index in [1.54, 1.807) is 49.0 Å². The molecule has 1 N–H and O–H groups in total. The van der Waals surface area contributed by atoms with Crippen LogP contribution in [0.3, 0.4) is 0 Å². The van der Waals surface area contributed by atoms with E-state index in [4.69, 9.17) is 18.8 Å². The molecule has 0 saturated heterocycles. The van der Waals surface area contributed by atoms with Gasteiger partial charge in [-0.3, -0.25) is 9.55 Å². The molecule has 4 aromatic carbocycles. The van der Waals surface area contributed by atoms with E-state index >= 15 is 0 Å². The lowest BCUT2D eigenvalue weighted by atomic mass is 10.0. The molecular weight excluding hydrogens is 578 g/mol. The minimum atomic E-state index is -3.90. The highest BCUT2D eigenvalue weighted by Crippen LogP contribution is 2.54. The number of nitrogens with zero attached hydrogens (tertiary/aromatic N) is 2. The third-order valence-electron chi connectivity index (χ3n) is 7.39. The van der Waals surface area contributed by atoms with Crippen LogP contribution < -0.4 is 10.0 Å². The fourth-order valence-corrected chi connectivity index (χ4v) is 7.47. The summed E-state index contributed by atoms with van der Waals surface area (Å²) in [6.45, 7) is 4.01. The largest absolute Gasteiger partial charge is 0.494 e. The van der Waals surface area contributed by atoms with Crippen LogP contribution in [-0.4, -0.2) is 27.9 Å². The summed E-state index contributed by atoms with van der Waals surface area (Å²) >= 11 is 0. The van der Waals surface area contributed by atoms with Gasteiger partial charge in [0.25, 0.3) is 0 Å². The molecular formula is C35H32FN2O5P. The van der Waals surface area contributed by atoms with Gasteiger partial charge in [0, 0.05) is 23.2 Å². The van der Waals surface area contributed by atoms with E-state index in [9.17, 15) is 14.1 Å². The van der Waals surface area contributed by atoms with Gasteiger partial charge < -0.3 is 23.5 Å². The number of halogens is 1. The summed E-state index contributed by atoms with van der Waals surface area (Å²) in [6.07, 6.45) is 2.79. The molecule has 0 amide bonds. The molecule has 0 aliphatic heterocycles. The van der Waals surface area contributed by atoms with Crippen LogP contribution in [-0.2, 0) is 20.2 Å². The van der Waals surface area contributed by atoms with Crippen LogP contribution in [0.1, 0.15) is 36.6 Å². The monoisotopic (exact) mass is 610 g/mol. The Balaban J connectivity index is 1.66. The van der Waals surface area contributed by atoms with Crippen molar-refractivity contribution in [2.75, 3.05) is 13.2 Å². The number of benzene rings is 4. The van der Waals surface area contributed by atoms with Crippen LogP contribution in [0, 0.1) is 5.82 Å². The zero-order chi connectivity index (χ0) is 30.7. The van der Waals surface area contributed by atoms with Gasteiger partial charge >= 0.3 is 7.60 Å². The Morgan fingerprint density at radius 2 is 1.45 bits per heavy atom. The number of aromatic nitrogens is 2. The standard InChI is InChI=1S/C35H32FN2O5P/c1-3-41-44(40,42-4-2)34-28-16-11-21-37-31(28)33(43-32(25-12-7-5-8-13-25)26-14-9-6-10-15-26)30-29(34)23-38(35(30)39)22-24-17-19-27(36)20-18-24/h5-21,23,32,39H,3-4,22H2,1-2H3. The number of hydrogen-bond acceptors (Lipinski definition) is 6. The van der Waals surface area contributed by atoms with Gasteiger partial charge in [-0.2, -0.15) is 0 Å². The number of fused-ring (bicyclic) bond motifs is 2. The van der Waals surface area contributed by atoms with Crippen molar-refractivity contribution >= 4 is 34.6 Å². The number of aromatic hydroxyl groups is 1. The van der Waals surface area contributed by atoms with Crippen molar-refractivity contribution in [1.82, 2.24) is 9.55 Å². The summed E-state index contributed by atoms with van der Waals surface area (Å²) in [4.78, 5) is 4.69. The summed E-state index contributed by atoms with van der Waals surface area (Å²) in [5, 5.41) is 13.5. The Kier molecular flexibility index (Phi) is 8.49. The Bertz CT molecular complexity index is 1900. The molecule has 9 heteroatoms. The molecule has 0 aliphatic rings. The van der Waals surface area contributed by atoms with Gasteiger partial charge in [0.15, 0.2) is 5.75 Å². The summed E-state index contributed by atoms with van der Waals surface area (Å²) in [7, 11) is -3.90. The Morgan fingerprint density at radius 3 is 2.05 bits per heavy atom. The molecule has 224 valence electrons. The van der Waals surface area contributed by atoms with Crippen molar-refractivity contribution in [2.45, 2.75) is 26.5 Å². The Morgan fingerprint density at radius 1 is 0.841 bits per heavy atom. The van der Waals surface area contributed by atoms with Crippen molar-refractivity contribution in [2.24, 2.45) is 0 Å². The van der Waals surface area contributed by atoms with Crippen molar-refractivity contribution in [3.63, 3.8) is 0 Å². The summed E-state index contributed by atoms with van der Waals surface area (Å²) in [5.74, 6) is -0.146. The molecule has 0 saturated carbocycles. The second-order valence-electron chi connectivity index (χ2n) is 10.2. The third kappa shape index (κ3) is 5.60. The second-order valence-corrected chi connectivity index (χ2v) is 12.2. The highest BCUT2D eigenvalue weighted by Gasteiger charge is 2.36. The van der Waals surface area contributed by atoms with E-state index in [1.807, 2.05) is 66.7 Å². The number of pyridine rings is 1. The van der Waals surface area contributed by atoms with Gasteiger partial charge in [-0.05, 0) is 48.7 Å². The first kappa shape index (κ1) is 29.6. The maximum Gasteiger partial charge on any atom is 0.362 e. The molecule has 2 aromatic heterocycles. The average Bonchev–Trinajstić information content (AvgIpc) is 3.36. The second kappa shape index (κ2) is 12.6. The van der Waals surface area contributed by atoms with Crippen LogP contribution >= 0.6 is 7.60 Å². The van der Waals surface area contributed by atoms with E-state index in [0.29, 0.717) is 32.7 Å². The molecule has 6 rings (SSSR count). The first-order chi connectivity index (χ1) is 21.4. The van der Waals surface area contributed by atoms with E-state index in [1.165, 1.54) is 12.1 Å². The van der Waals surface area contributed by atoms with Crippen LogP contribution in [0.15, 0.2) is 109 Å². The van der Waals surface area contributed by atoms with Crippen LogP contribution in [0.5, 0.6) is 11.6 Å².